The molecule has 4 rings (SSSR count). The van der Waals surface area contributed by atoms with Crippen molar-refractivity contribution >= 4 is 16.9 Å². The van der Waals surface area contributed by atoms with Gasteiger partial charge in [-0.05, 0) is 56.0 Å². The molecular weight excluding hydrogens is 400 g/mol. The van der Waals surface area contributed by atoms with Gasteiger partial charge in [0, 0.05) is 11.5 Å². The lowest BCUT2D eigenvalue weighted by Crippen LogP contribution is -2.31. The SMILES string of the molecule is CCc1ccc(-n2nc(C)c3c(C)cc(OCC(=O)NC(C)c4ccccc4)nc32)cc1. The molecule has 1 atom stereocenters. The van der Waals surface area contributed by atoms with E-state index in [0.717, 1.165) is 40.0 Å². The van der Waals surface area contributed by atoms with Crippen molar-refractivity contribution in [3.8, 4) is 11.6 Å². The van der Waals surface area contributed by atoms with Crippen molar-refractivity contribution in [1.29, 1.82) is 0 Å². The van der Waals surface area contributed by atoms with E-state index in [9.17, 15) is 4.79 Å². The summed E-state index contributed by atoms with van der Waals surface area (Å²) >= 11 is 0. The van der Waals surface area contributed by atoms with Gasteiger partial charge in [0.2, 0.25) is 5.88 Å². The van der Waals surface area contributed by atoms with E-state index in [2.05, 4.69) is 29.4 Å². The number of benzene rings is 2. The number of rotatable bonds is 7. The number of ether oxygens (including phenoxy) is 1. The zero-order valence-corrected chi connectivity index (χ0v) is 18.9. The van der Waals surface area contributed by atoms with Gasteiger partial charge in [0.15, 0.2) is 12.3 Å². The summed E-state index contributed by atoms with van der Waals surface area (Å²) in [6.45, 7) is 7.97. The minimum absolute atomic E-state index is 0.0975. The number of carbonyl (C=O) groups is 1. The topological polar surface area (TPSA) is 69.0 Å². The number of aromatic nitrogens is 3. The Balaban J connectivity index is 1.54. The predicted octanol–water partition coefficient (Wildman–Crippen LogP) is 4.86. The molecule has 0 spiro atoms. The molecule has 6 heteroatoms. The lowest BCUT2D eigenvalue weighted by molar-refractivity contribution is -0.123. The molecule has 6 nitrogen and oxygen atoms in total. The van der Waals surface area contributed by atoms with E-state index in [0.29, 0.717) is 5.88 Å². The first kappa shape index (κ1) is 21.6. The van der Waals surface area contributed by atoms with Crippen molar-refractivity contribution in [1.82, 2.24) is 20.1 Å². The largest absolute Gasteiger partial charge is 0.468 e. The molecule has 0 aliphatic carbocycles. The maximum absolute atomic E-state index is 12.4. The van der Waals surface area contributed by atoms with Crippen molar-refractivity contribution in [3.63, 3.8) is 0 Å². The minimum Gasteiger partial charge on any atom is -0.468 e. The van der Waals surface area contributed by atoms with Crippen LogP contribution in [0.25, 0.3) is 16.7 Å². The number of nitrogens with one attached hydrogen (secondary N) is 1. The fourth-order valence-corrected chi connectivity index (χ4v) is 3.85. The number of pyridine rings is 1. The number of aryl methyl sites for hydroxylation is 3. The number of amides is 1. The average molecular weight is 429 g/mol. The summed E-state index contributed by atoms with van der Waals surface area (Å²) in [6.07, 6.45) is 0.986. The van der Waals surface area contributed by atoms with Gasteiger partial charge in [-0.1, -0.05) is 49.4 Å². The van der Waals surface area contributed by atoms with Crippen molar-refractivity contribution in [2.45, 2.75) is 40.2 Å². The maximum atomic E-state index is 12.4. The Hall–Kier alpha value is -3.67. The van der Waals surface area contributed by atoms with Gasteiger partial charge in [-0.15, -0.1) is 0 Å². The highest BCUT2D eigenvalue weighted by Gasteiger charge is 2.16. The second-order valence-electron chi connectivity index (χ2n) is 7.98. The van der Waals surface area contributed by atoms with E-state index < -0.39 is 0 Å². The van der Waals surface area contributed by atoms with Gasteiger partial charge >= 0.3 is 0 Å². The average Bonchev–Trinajstić information content (AvgIpc) is 3.15. The third-order valence-corrected chi connectivity index (χ3v) is 5.60. The van der Waals surface area contributed by atoms with Crippen LogP contribution in [-0.2, 0) is 11.2 Å². The van der Waals surface area contributed by atoms with Gasteiger partial charge in [0.05, 0.1) is 17.4 Å². The zero-order chi connectivity index (χ0) is 22.7. The minimum atomic E-state index is -0.194. The first-order valence-electron chi connectivity index (χ1n) is 10.9. The van der Waals surface area contributed by atoms with Crippen LogP contribution in [0.5, 0.6) is 5.88 Å². The maximum Gasteiger partial charge on any atom is 0.258 e. The standard InChI is InChI=1S/C26H28N4O2/c1-5-20-11-13-22(14-12-20)30-26-25(19(4)29-30)17(2)15-24(28-26)32-16-23(31)27-18(3)21-9-7-6-8-10-21/h6-15,18H,5,16H2,1-4H3,(H,27,31). The number of fused-ring (bicyclic) bond motifs is 1. The quantitative estimate of drug-likeness (QED) is 0.457. The zero-order valence-electron chi connectivity index (χ0n) is 18.9. The fraction of sp³-hybridized carbons (Fsp3) is 0.269. The predicted molar refractivity (Wildman–Crippen MR) is 126 cm³/mol. The lowest BCUT2D eigenvalue weighted by atomic mass is 10.1. The summed E-state index contributed by atoms with van der Waals surface area (Å²) in [6, 6.07) is 19.9. The van der Waals surface area contributed by atoms with Gasteiger partial charge in [-0.3, -0.25) is 4.79 Å². The highest BCUT2D eigenvalue weighted by Crippen LogP contribution is 2.27. The van der Waals surface area contributed by atoms with Crippen LogP contribution < -0.4 is 10.1 Å². The van der Waals surface area contributed by atoms with Gasteiger partial charge < -0.3 is 10.1 Å². The van der Waals surface area contributed by atoms with E-state index in [-0.39, 0.29) is 18.6 Å². The molecule has 1 amide bonds. The number of nitrogens with zero attached hydrogens (tertiary/aromatic N) is 3. The van der Waals surface area contributed by atoms with E-state index >= 15 is 0 Å². The normalized spacial score (nSPS) is 12.0. The summed E-state index contributed by atoms with van der Waals surface area (Å²) in [5, 5.41) is 8.67. The molecule has 0 saturated carbocycles. The molecule has 4 aromatic rings. The Bertz CT molecular complexity index is 1230. The molecule has 2 heterocycles. The molecular formula is C26H28N4O2. The van der Waals surface area contributed by atoms with Crippen molar-refractivity contribution in [3.05, 3.63) is 83.0 Å². The van der Waals surface area contributed by atoms with Crippen LogP contribution in [0, 0.1) is 13.8 Å². The molecule has 32 heavy (non-hydrogen) atoms. The van der Waals surface area contributed by atoms with Crippen LogP contribution in [0.3, 0.4) is 0 Å². The number of hydrogen-bond donors (Lipinski definition) is 1. The summed E-state index contributed by atoms with van der Waals surface area (Å²) in [7, 11) is 0. The molecule has 1 N–H and O–H groups in total. The first-order valence-corrected chi connectivity index (χ1v) is 10.9. The van der Waals surface area contributed by atoms with Crippen LogP contribution in [0.1, 0.15) is 42.3 Å². The summed E-state index contributed by atoms with van der Waals surface area (Å²) in [5.41, 5.74) is 5.90. The van der Waals surface area contributed by atoms with E-state index in [1.807, 2.05) is 74.0 Å². The van der Waals surface area contributed by atoms with E-state index in [1.165, 1.54) is 5.56 Å². The van der Waals surface area contributed by atoms with Crippen molar-refractivity contribution in [2.24, 2.45) is 0 Å². The van der Waals surface area contributed by atoms with E-state index in [4.69, 9.17) is 9.84 Å². The van der Waals surface area contributed by atoms with Crippen LogP contribution in [0.4, 0.5) is 0 Å². The molecule has 0 saturated heterocycles. The molecule has 0 fully saturated rings. The molecule has 164 valence electrons. The fourth-order valence-electron chi connectivity index (χ4n) is 3.85. The van der Waals surface area contributed by atoms with Crippen molar-refractivity contribution in [2.75, 3.05) is 6.61 Å². The molecule has 0 radical (unpaired) electrons. The van der Waals surface area contributed by atoms with Crippen LogP contribution >= 0.6 is 0 Å². The van der Waals surface area contributed by atoms with Gasteiger partial charge in [0.1, 0.15) is 0 Å². The monoisotopic (exact) mass is 428 g/mol. The second kappa shape index (κ2) is 9.22. The van der Waals surface area contributed by atoms with Gasteiger partial charge in [0.25, 0.3) is 5.91 Å². The summed E-state index contributed by atoms with van der Waals surface area (Å²) < 4.78 is 7.60. The molecule has 2 aromatic heterocycles. The lowest BCUT2D eigenvalue weighted by Gasteiger charge is -2.14. The van der Waals surface area contributed by atoms with E-state index in [1.54, 1.807) is 0 Å². The Kier molecular flexibility index (Phi) is 6.21. The molecule has 0 bridgehead atoms. The third-order valence-electron chi connectivity index (χ3n) is 5.60. The summed E-state index contributed by atoms with van der Waals surface area (Å²) in [5.74, 6) is 0.213. The Morgan fingerprint density at radius 1 is 1.09 bits per heavy atom. The Labute approximate surface area is 188 Å². The molecule has 1 unspecified atom stereocenters. The van der Waals surface area contributed by atoms with Crippen LogP contribution in [-0.4, -0.2) is 27.3 Å². The highest BCUT2D eigenvalue weighted by molar-refractivity contribution is 5.84. The number of hydrogen-bond acceptors (Lipinski definition) is 4. The summed E-state index contributed by atoms with van der Waals surface area (Å²) in [4.78, 5) is 17.1. The third kappa shape index (κ3) is 4.49. The Morgan fingerprint density at radius 3 is 2.50 bits per heavy atom. The molecule has 0 aliphatic rings. The highest BCUT2D eigenvalue weighted by atomic mass is 16.5. The van der Waals surface area contributed by atoms with Crippen molar-refractivity contribution < 1.29 is 9.53 Å². The molecule has 0 aliphatic heterocycles. The first-order chi connectivity index (χ1) is 15.5. The van der Waals surface area contributed by atoms with Gasteiger partial charge in [-0.2, -0.15) is 10.1 Å². The van der Waals surface area contributed by atoms with Crippen LogP contribution in [0.15, 0.2) is 60.7 Å². The van der Waals surface area contributed by atoms with Gasteiger partial charge in [-0.25, -0.2) is 4.68 Å². The van der Waals surface area contributed by atoms with Crippen LogP contribution in [0.2, 0.25) is 0 Å². The smallest absolute Gasteiger partial charge is 0.258 e. The molecule has 2 aromatic carbocycles. The number of carbonyl (C=O) groups excluding carboxylic acids is 1. The second-order valence-corrected chi connectivity index (χ2v) is 7.98. The Morgan fingerprint density at radius 2 is 1.81 bits per heavy atom.